The largest absolute Gasteiger partial charge is 0.383 e. The van der Waals surface area contributed by atoms with Crippen molar-refractivity contribution in [3.8, 4) is 0 Å². The number of carbonyl (C=O) groups excluding carboxylic acids is 1. The van der Waals surface area contributed by atoms with E-state index in [9.17, 15) is 18.0 Å². The average molecular weight is 262 g/mol. The van der Waals surface area contributed by atoms with Gasteiger partial charge in [-0.2, -0.15) is 0 Å². The van der Waals surface area contributed by atoms with Gasteiger partial charge in [0.2, 0.25) is 5.91 Å². The van der Waals surface area contributed by atoms with Crippen molar-refractivity contribution in [3.63, 3.8) is 0 Å². The highest BCUT2D eigenvalue weighted by Crippen LogP contribution is 2.16. The Morgan fingerprint density at radius 3 is 2.44 bits per heavy atom. The zero-order valence-electron chi connectivity index (χ0n) is 9.73. The zero-order chi connectivity index (χ0) is 13.5. The van der Waals surface area contributed by atoms with Gasteiger partial charge in [-0.25, -0.2) is 13.2 Å². The van der Waals surface area contributed by atoms with Crippen LogP contribution in [0.4, 0.5) is 18.9 Å². The molecule has 0 fully saturated rings. The quantitative estimate of drug-likeness (QED) is 0.600. The number of methoxy groups -OCH3 is 1. The van der Waals surface area contributed by atoms with Gasteiger partial charge in [-0.3, -0.25) is 4.79 Å². The minimum Gasteiger partial charge on any atom is -0.383 e. The molecule has 0 aliphatic heterocycles. The molecule has 0 heterocycles. The van der Waals surface area contributed by atoms with Crippen molar-refractivity contribution in [1.29, 1.82) is 0 Å². The lowest BCUT2D eigenvalue weighted by Gasteiger charge is -2.08. The fourth-order valence-electron chi connectivity index (χ4n) is 1.19. The molecule has 0 saturated carbocycles. The molecule has 2 N–H and O–H groups in total. The lowest BCUT2D eigenvalue weighted by atomic mass is 10.3. The molecule has 0 atom stereocenters. The molecule has 4 nitrogen and oxygen atoms in total. The summed E-state index contributed by atoms with van der Waals surface area (Å²) in [6.07, 6.45) is 0. The van der Waals surface area contributed by atoms with Gasteiger partial charge in [0.05, 0.1) is 13.2 Å². The Balaban J connectivity index is 2.46. The Kier molecular flexibility index (Phi) is 5.44. The molecule has 0 aromatic heterocycles. The predicted molar refractivity (Wildman–Crippen MR) is 59.7 cm³/mol. The molecular weight excluding hydrogens is 249 g/mol. The van der Waals surface area contributed by atoms with Crippen molar-refractivity contribution in [1.82, 2.24) is 5.32 Å². The number of nitrogens with one attached hydrogen (secondary N) is 2. The van der Waals surface area contributed by atoms with E-state index in [1.165, 1.54) is 7.11 Å². The van der Waals surface area contributed by atoms with Gasteiger partial charge in [-0.15, -0.1) is 0 Å². The molecule has 0 aliphatic carbocycles. The van der Waals surface area contributed by atoms with Gasteiger partial charge in [-0.1, -0.05) is 0 Å². The molecule has 0 radical (unpaired) electrons. The van der Waals surface area contributed by atoms with Crippen LogP contribution in [0.15, 0.2) is 12.1 Å². The summed E-state index contributed by atoms with van der Waals surface area (Å²) in [6, 6.07) is 1.56. The number of ether oxygens (including phenoxy) is 1. The van der Waals surface area contributed by atoms with Gasteiger partial charge >= 0.3 is 0 Å². The maximum Gasteiger partial charge on any atom is 0.239 e. The van der Waals surface area contributed by atoms with E-state index in [-0.39, 0.29) is 18.1 Å². The van der Waals surface area contributed by atoms with E-state index in [0.29, 0.717) is 13.2 Å². The highest BCUT2D eigenvalue weighted by atomic mass is 19.2. The van der Waals surface area contributed by atoms with Gasteiger partial charge in [-0.05, 0) is 0 Å². The molecule has 1 rings (SSSR count). The Morgan fingerprint density at radius 2 is 1.89 bits per heavy atom. The van der Waals surface area contributed by atoms with Gasteiger partial charge < -0.3 is 15.4 Å². The first-order valence-electron chi connectivity index (χ1n) is 5.18. The first kappa shape index (κ1) is 14.3. The Hall–Kier alpha value is -1.76. The highest BCUT2D eigenvalue weighted by Gasteiger charge is 2.10. The van der Waals surface area contributed by atoms with Crippen LogP contribution in [0.5, 0.6) is 0 Å². The molecule has 7 heteroatoms. The van der Waals surface area contributed by atoms with Crippen molar-refractivity contribution in [2.24, 2.45) is 0 Å². The van der Waals surface area contributed by atoms with Gasteiger partial charge in [0.15, 0.2) is 17.5 Å². The summed E-state index contributed by atoms with van der Waals surface area (Å²) in [7, 11) is 1.49. The van der Waals surface area contributed by atoms with Crippen LogP contribution < -0.4 is 10.6 Å². The Labute approximate surface area is 102 Å². The smallest absolute Gasteiger partial charge is 0.239 e. The molecule has 1 aromatic rings. The fraction of sp³-hybridized carbons (Fsp3) is 0.364. The molecule has 0 saturated heterocycles. The molecule has 100 valence electrons. The molecule has 1 aromatic carbocycles. The van der Waals surface area contributed by atoms with Gasteiger partial charge in [0.1, 0.15) is 0 Å². The van der Waals surface area contributed by atoms with Crippen LogP contribution in [0.25, 0.3) is 0 Å². The molecule has 1 amide bonds. The van der Waals surface area contributed by atoms with E-state index >= 15 is 0 Å². The number of halogens is 3. The number of hydrogen-bond acceptors (Lipinski definition) is 3. The first-order valence-corrected chi connectivity index (χ1v) is 5.18. The van der Waals surface area contributed by atoms with Crippen LogP contribution in [-0.2, 0) is 9.53 Å². The Morgan fingerprint density at radius 1 is 1.28 bits per heavy atom. The summed E-state index contributed by atoms with van der Waals surface area (Å²) in [5, 5.41) is 4.99. The number of benzene rings is 1. The molecule has 0 unspecified atom stereocenters. The second-order valence-electron chi connectivity index (χ2n) is 3.45. The third-order valence-corrected chi connectivity index (χ3v) is 2.07. The fourth-order valence-corrected chi connectivity index (χ4v) is 1.19. The van der Waals surface area contributed by atoms with E-state index in [1.54, 1.807) is 0 Å². The number of anilines is 1. The normalized spacial score (nSPS) is 10.2. The molecule has 0 aliphatic rings. The van der Waals surface area contributed by atoms with Crippen molar-refractivity contribution in [2.75, 3.05) is 32.1 Å². The van der Waals surface area contributed by atoms with E-state index in [2.05, 4.69) is 10.6 Å². The third-order valence-electron chi connectivity index (χ3n) is 2.07. The minimum atomic E-state index is -1.54. The lowest BCUT2D eigenvalue weighted by molar-refractivity contribution is -0.119. The van der Waals surface area contributed by atoms with Crippen molar-refractivity contribution >= 4 is 11.6 Å². The predicted octanol–water partition coefficient (Wildman–Crippen LogP) is 1.28. The van der Waals surface area contributed by atoms with Crippen LogP contribution in [0, 0.1) is 17.5 Å². The van der Waals surface area contributed by atoms with E-state index in [0.717, 1.165) is 12.1 Å². The number of carbonyl (C=O) groups is 1. The van der Waals surface area contributed by atoms with Crippen LogP contribution in [-0.4, -0.2) is 32.7 Å². The van der Waals surface area contributed by atoms with Gasteiger partial charge in [0.25, 0.3) is 0 Å². The second-order valence-corrected chi connectivity index (χ2v) is 3.45. The molecule has 0 spiro atoms. The summed E-state index contributed by atoms with van der Waals surface area (Å²) in [4.78, 5) is 11.2. The summed E-state index contributed by atoms with van der Waals surface area (Å²) in [5.41, 5.74) is -0.00621. The average Bonchev–Trinajstić information content (AvgIpc) is 2.33. The standard InChI is InChI=1S/C11H13F3N2O2/c1-18-3-2-15-10(17)6-16-7-4-8(12)11(14)9(13)5-7/h4-5,16H,2-3,6H2,1H3,(H,15,17). The maximum absolute atomic E-state index is 12.8. The van der Waals surface area contributed by atoms with Crippen LogP contribution in [0.3, 0.4) is 0 Å². The Bertz CT molecular complexity index is 404. The maximum atomic E-state index is 12.8. The van der Waals surface area contributed by atoms with Crippen molar-refractivity contribution in [3.05, 3.63) is 29.6 Å². The van der Waals surface area contributed by atoms with Crippen molar-refractivity contribution < 1.29 is 22.7 Å². The molecular formula is C11H13F3N2O2. The zero-order valence-corrected chi connectivity index (χ0v) is 9.73. The first-order chi connectivity index (χ1) is 8.54. The monoisotopic (exact) mass is 262 g/mol. The summed E-state index contributed by atoms with van der Waals surface area (Å²) in [5.74, 6) is -4.52. The topological polar surface area (TPSA) is 50.4 Å². The number of hydrogen-bond donors (Lipinski definition) is 2. The van der Waals surface area contributed by atoms with Crippen LogP contribution in [0.2, 0.25) is 0 Å². The van der Waals surface area contributed by atoms with E-state index in [1.807, 2.05) is 0 Å². The van der Waals surface area contributed by atoms with E-state index < -0.39 is 17.5 Å². The third kappa shape index (κ3) is 4.25. The van der Waals surface area contributed by atoms with Crippen LogP contribution >= 0.6 is 0 Å². The summed E-state index contributed by atoms with van der Waals surface area (Å²) < 4.78 is 43.0. The SMILES string of the molecule is COCCNC(=O)CNc1cc(F)c(F)c(F)c1. The summed E-state index contributed by atoms with van der Waals surface area (Å²) in [6.45, 7) is 0.531. The number of rotatable bonds is 6. The highest BCUT2D eigenvalue weighted by molar-refractivity contribution is 5.80. The molecule has 18 heavy (non-hydrogen) atoms. The minimum absolute atomic E-state index is 0.00621. The van der Waals surface area contributed by atoms with Crippen molar-refractivity contribution in [2.45, 2.75) is 0 Å². The molecule has 0 bridgehead atoms. The summed E-state index contributed by atoms with van der Waals surface area (Å²) >= 11 is 0. The second kappa shape index (κ2) is 6.85. The van der Waals surface area contributed by atoms with E-state index in [4.69, 9.17) is 4.74 Å². The lowest BCUT2D eigenvalue weighted by Crippen LogP contribution is -2.32. The van der Waals surface area contributed by atoms with Crippen LogP contribution in [0.1, 0.15) is 0 Å². The number of amides is 1. The van der Waals surface area contributed by atoms with Gasteiger partial charge in [0, 0.05) is 31.5 Å².